The second-order valence-electron chi connectivity index (χ2n) is 5.75. The van der Waals surface area contributed by atoms with Gasteiger partial charge >= 0.3 is 18.2 Å². The monoisotopic (exact) mass is 395 g/mol. The van der Waals surface area contributed by atoms with E-state index in [4.69, 9.17) is 0 Å². The van der Waals surface area contributed by atoms with Crippen LogP contribution in [0, 0.1) is 0 Å². The number of esters is 1. The summed E-state index contributed by atoms with van der Waals surface area (Å²) in [6, 6.07) is 14.8. The molecule has 0 aliphatic heterocycles. The summed E-state index contributed by atoms with van der Waals surface area (Å²) in [5.74, 6) is -1.65. The Hall–Kier alpha value is -3.07. The number of carbonyl (C=O) groups excluding carboxylic acids is 2. The van der Waals surface area contributed by atoms with Crippen LogP contribution in [-0.2, 0) is 16.1 Å². The van der Waals surface area contributed by atoms with E-state index in [1.54, 1.807) is 53.8 Å². The first-order chi connectivity index (χ1) is 13.3. The highest BCUT2D eigenvalue weighted by atomic mass is 19.4. The van der Waals surface area contributed by atoms with Gasteiger partial charge in [0.05, 0.1) is 6.61 Å². The van der Waals surface area contributed by atoms with E-state index < -0.39 is 23.8 Å². The maximum atomic E-state index is 13.9. The van der Waals surface area contributed by atoms with E-state index in [2.05, 4.69) is 15.4 Å². The molecule has 0 saturated heterocycles. The van der Waals surface area contributed by atoms with E-state index in [-0.39, 0.29) is 18.8 Å². The van der Waals surface area contributed by atoms with Crippen LogP contribution in [0.4, 0.5) is 23.7 Å². The second-order valence-corrected chi connectivity index (χ2v) is 5.75. The van der Waals surface area contributed by atoms with Gasteiger partial charge in [0.15, 0.2) is 0 Å². The molecule has 0 saturated carbocycles. The van der Waals surface area contributed by atoms with Gasteiger partial charge in [-0.1, -0.05) is 48.5 Å². The predicted octanol–water partition coefficient (Wildman–Crippen LogP) is 3.42. The minimum Gasteiger partial charge on any atom is -0.463 e. The molecule has 0 aliphatic carbocycles. The number of benzene rings is 2. The summed E-state index contributed by atoms with van der Waals surface area (Å²) < 4.78 is 46.4. The first kappa shape index (κ1) is 21.2. The fourth-order valence-corrected chi connectivity index (χ4v) is 2.38. The molecule has 2 amide bonds. The van der Waals surface area contributed by atoms with Crippen molar-refractivity contribution in [2.45, 2.75) is 25.3 Å². The summed E-state index contributed by atoms with van der Waals surface area (Å²) in [6.45, 7) is 0.761. The molecule has 0 radical (unpaired) electrons. The fourth-order valence-electron chi connectivity index (χ4n) is 2.38. The second kappa shape index (κ2) is 9.23. The third-order valence-corrected chi connectivity index (χ3v) is 3.74. The van der Waals surface area contributed by atoms with Crippen molar-refractivity contribution in [2.75, 3.05) is 11.9 Å². The molecule has 2 aromatic carbocycles. The lowest BCUT2D eigenvalue weighted by Gasteiger charge is -2.34. The molecule has 0 spiro atoms. The number of rotatable bonds is 7. The van der Waals surface area contributed by atoms with Crippen LogP contribution in [0.25, 0.3) is 0 Å². The van der Waals surface area contributed by atoms with Gasteiger partial charge in [-0.3, -0.25) is 5.32 Å². The molecular weight excluding hydrogens is 375 g/mol. The highest BCUT2D eigenvalue weighted by Crippen LogP contribution is 2.30. The maximum absolute atomic E-state index is 13.9. The Labute approximate surface area is 160 Å². The lowest BCUT2D eigenvalue weighted by Crippen LogP contribution is -2.73. The van der Waals surface area contributed by atoms with Gasteiger partial charge in [-0.15, -0.1) is 0 Å². The molecule has 2 rings (SSSR count). The number of para-hydroxylation sites is 1. The lowest BCUT2D eigenvalue weighted by molar-refractivity contribution is -0.218. The Morgan fingerprint density at radius 1 is 0.964 bits per heavy atom. The van der Waals surface area contributed by atoms with Crippen LogP contribution in [0.15, 0.2) is 60.7 Å². The first-order valence-electron chi connectivity index (χ1n) is 8.45. The van der Waals surface area contributed by atoms with Gasteiger partial charge in [-0.2, -0.15) is 13.2 Å². The average molecular weight is 395 g/mol. The van der Waals surface area contributed by atoms with Crippen LogP contribution in [0.1, 0.15) is 12.5 Å². The highest BCUT2D eigenvalue weighted by molar-refractivity contribution is 5.94. The van der Waals surface area contributed by atoms with Gasteiger partial charge in [0, 0.05) is 12.2 Å². The number of urea groups is 1. The zero-order valence-electron chi connectivity index (χ0n) is 15.0. The average Bonchev–Trinajstić information content (AvgIpc) is 2.66. The lowest BCUT2D eigenvalue weighted by atomic mass is 10.1. The number of hydrogen-bond acceptors (Lipinski definition) is 4. The number of nitrogens with one attached hydrogen (secondary N) is 3. The molecule has 1 atom stereocenters. The Morgan fingerprint density at radius 2 is 1.54 bits per heavy atom. The summed E-state index contributed by atoms with van der Waals surface area (Å²) in [5.41, 5.74) is -2.66. The van der Waals surface area contributed by atoms with Crippen LogP contribution >= 0.6 is 0 Å². The van der Waals surface area contributed by atoms with Crippen LogP contribution in [0.3, 0.4) is 0 Å². The fraction of sp³-hybridized carbons (Fsp3) is 0.263. The molecule has 28 heavy (non-hydrogen) atoms. The molecule has 2 aromatic rings. The summed E-state index contributed by atoms with van der Waals surface area (Å²) in [6.07, 6.45) is -5.16. The van der Waals surface area contributed by atoms with E-state index in [1.807, 2.05) is 0 Å². The van der Waals surface area contributed by atoms with Crippen LogP contribution in [0.2, 0.25) is 0 Å². The normalized spacial score (nSPS) is 13.3. The molecule has 6 nitrogen and oxygen atoms in total. The molecule has 9 heteroatoms. The molecule has 150 valence electrons. The highest BCUT2D eigenvalue weighted by Gasteiger charge is 2.63. The minimum atomic E-state index is -5.16. The molecular formula is C19H20F3N3O3. The first-order valence-corrected chi connectivity index (χ1v) is 8.45. The third-order valence-electron chi connectivity index (χ3n) is 3.74. The Bertz CT molecular complexity index is 785. The van der Waals surface area contributed by atoms with E-state index in [0.717, 1.165) is 0 Å². The van der Waals surface area contributed by atoms with Crippen molar-refractivity contribution in [3.63, 3.8) is 0 Å². The van der Waals surface area contributed by atoms with Crippen molar-refractivity contribution in [2.24, 2.45) is 0 Å². The summed E-state index contributed by atoms with van der Waals surface area (Å²) in [4.78, 5) is 24.5. The van der Waals surface area contributed by atoms with Crippen molar-refractivity contribution in [3.8, 4) is 0 Å². The zero-order chi connectivity index (χ0) is 20.6. The summed E-state index contributed by atoms with van der Waals surface area (Å²) in [5, 5.41) is 6.10. The Morgan fingerprint density at radius 3 is 2.07 bits per heavy atom. The molecule has 0 aromatic heterocycles. The van der Waals surface area contributed by atoms with Crippen molar-refractivity contribution in [1.29, 1.82) is 0 Å². The number of alkyl halides is 3. The Kier molecular flexibility index (Phi) is 7.00. The minimum absolute atomic E-state index is 0.267. The van der Waals surface area contributed by atoms with Gasteiger partial charge in [-0.05, 0) is 24.6 Å². The van der Waals surface area contributed by atoms with E-state index in [0.29, 0.717) is 5.56 Å². The SMILES string of the molecule is CCOC(=O)C(NCc1ccccc1)(NC(=O)Nc1ccccc1)C(F)(F)F. The third kappa shape index (κ3) is 5.23. The quantitative estimate of drug-likeness (QED) is 0.496. The van der Waals surface area contributed by atoms with Crippen molar-refractivity contribution < 1.29 is 27.5 Å². The molecule has 0 bridgehead atoms. The Balaban J connectivity index is 2.29. The van der Waals surface area contributed by atoms with Crippen LogP contribution in [0.5, 0.6) is 0 Å². The van der Waals surface area contributed by atoms with Gasteiger partial charge in [0.1, 0.15) is 0 Å². The van der Waals surface area contributed by atoms with Gasteiger partial charge in [0.25, 0.3) is 5.66 Å². The van der Waals surface area contributed by atoms with Crippen LogP contribution in [-0.4, -0.2) is 30.4 Å². The number of hydrogen-bond donors (Lipinski definition) is 3. The molecule has 0 fully saturated rings. The molecule has 1 unspecified atom stereocenters. The molecule has 3 N–H and O–H groups in total. The van der Waals surface area contributed by atoms with Gasteiger partial charge < -0.3 is 15.4 Å². The topological polar surface area (TPSA) is 79.5 Å². The molecule has 0 aliphatic rings. The maximum Gasteiger partial charge on any atom is 0.436 e. The zero-order valence-corrected chi connectivity index (χ0v) is 15.0. The number of anilines is 1. The smallest absolute Gasteiger partial charge is 0.436 e. The molecule has 0 heterocycles. The van der Waals surface area contributed by atoms with Crippen molar-refractivity contribution in [1.82, 2.24) is 10.6 Å². The van der Waals surface area contributed by atoms with Crippen molar-refractivity contribution in [3.05, 3.63) is 66.2 Å². The van der Waals surface area contributed by atoms with Crippen molar-refractivity contribution >= 4 is 17.7 Å². The van der Waals surface area contributed by atoms with Crippen LogP contribution < -0.4 is 16.0 Å². The van der Waals surface area contributed by atoms with Gasteiger partial charge in [0.2, 0.25) is 0 Å². The number of amides is 2. The number of halogens is 3. The summed E-state index contributed by atoms with van der Waals surface area (Å²) in [7, 11) is 0. The van der Waals surface area contributed by atoms with E-state index in [1.165, 1.54) is 19.1 Å². The number of ether oxygens (including phenoxy) is 1. The standard InChI is InChI=1S/C19H20F3N3O3/c1-2-28-16(26)18(19(20,21)22,23-13-14-9-5-3-6-10-14)25-17(27)24-15-11-7-4-8-12-15/h3-12,23H,2,13H2,1H3,(H2,24,25,27). The number of carbonyl (C=O) groups is 2. The largest absolute Gasteiger partial charge is 0.463 e. The van der Waals surface area contributed by atoms with E-state index in [9.17, 15) is 22.8 Å². The summed E-state index contributed by atoms with van der Waals surface area (Å²) >= 11 is 0. The van der Waals surface area contributed by atoms with Gasteiger partial charge in [-0.25, -0.2) is 9.59 Å². The predicted molar refractivity (Wildman–Crippen MR) is 97.3 cm³/mol. The van der Waals surface area contributed by atoms with E-state index >= 15 is 0 Å².